The number of fused-ring (bicyclic) bond motifs is 3. The Morgan fingerprint density at radius 2 is 1.93 bits per heavy atom. The smallest absolute Gasteiger partial charge is 0.0109 e. The van der Waals surface area contributed by atoms with Crippen molar-refractivity contribution in [1.29, 1.82) is 0 Å². The van der Waals surface area contributed by atoms with E-state index in [2.05, 4.69) is 60.7 Å². The largest absolute Gasteiger partial charge is 0.0801 e. The van der Waals surface area contributed by atoms with E-state index >= 15 is 0 Å². The van der Waals surface area contributed by atoms with Gasteiger partial charge in [-0.05, 0) is 28.7 Å². The van der Waals surface area contributed by atoms with Crippen LogP contribution in [0.15, 0.2) is 60.2 Å². The minimum Gasteiger partial charge on any atom is -0.0801 e. The summed E-state index contributed by atoms with van der Waals surface area (Å²) in [7, 11) is 0. The van der Waals surface area contributed by atoms with Crippen LogP contribution in [0.2, 0.25) is 0 Å². The number of hydrogen-bond acceptors (Lipinski definition) is 0. The molecule has 0 aliphatic heterocycles. The van der Waals surface area contributed by atoms with Gasteiger partial charge in [0, 0.05) is 0 Å². The summed E-state index contributed by atoms with van der Waals surface area (Å²) in [5.74, 6) is 0. The van der Waals surface area contributed by atoms with Gasteiger partial charge in [-0.15, -0.1) is 0 Å². The predicted octanol–water partition coefficient (Wildman–Crippen LogP) is 3.98. The van der Waals surface area contributed by atoms with Crippen LogP contribution >= 0.6 is 0 Å². The Morgan fingerprint density at radius 1 is 1.00 bits per heavy atom. The highest BCUT2D eigenvalue weighted by molar-refractivity contribution is 5.89. The van der Waals surface area contributed by atoms with E-state index in [0.29, 0.717) is 0 Å². The van der Waals surface area contributed by atoms with Gasteiger partial charge in [-0.25, -0.2) is 0 Å². The highest BCUT2D eigenvalue weighted by Gasteiger charge is 2.11. The Bertz CT molecular complexity index is 511. The zero-order valence-corrected chi connectivity index (χ0v) is 8.48. The number of benzene rings is 1. The van der Waals surface area contributed by atoms with Crippen LogP contribution in [0.3, 0.4) is 0 Å². The Labute approximate surface area is 89.9 Å². The summed E-state index contributed by atoms with van der Waals surface area (Å²) in [6.07, 6.45) is 14.2. The molecular weight excluding hydrogens is 180 g/mol. The maximum absolute atomic E-state index is 2.30. The second-order valence-corrected chi connectivity index (χ2v) is 3.82. The van der Waals surface area contributed by atoms with Gasteiger partial charge in [0.05, 0.1) is 0 Å². The van der Waals surface area contributed by atoms with Crippen LogP contribution in [0.5, 0.6) is 0 Å². The predicted molar refractivity (Wildman–Crippen MR) is 65.3 cm³/mol. The molecule has 0 saturated heterocycles. The monoisotopic (exact) mass is 192 g/mol. The Kier molecular flexibility index (Phi) is 1.92. The summed E-state index contributed by atoms with van der Waals surface area (Å²) >= 11 is 0. The summed E-state index contributed by atoms with van der Waals surface area (Å²) in [5.41, 5.74) is 5.35. The molecule has 0 nitrogen and oxygen atoms in total. The van der Waals surface area contributed by atoms with Gasteiger partial charge in [-0.3, -0.25) is 0 Å². The third kappa shape index (κ3) is 1.39. The third-order valence-corrected chi connectivity index (χ3v) is 2.87. The molecule has 72 valence electrons. The van der Waals surface area contributed by atoms with Crippen LogP contribution in [-0.4, -0.2) is 0 Å². The fourth-order valence-corrected chi connectivity index (χ4v) is 2.14. The lowest BCUT2D eigenvalue weighted by Crippen LogP contribution is -1.92. The van der Waals surface area contributed by atoms with E-state index in [1.807, 2.05) is 0 Å². The fraction of sp³-hybridized carbons (Fsp3) is 0.0667. The van der Waals surface area contributed by atoms with Crippen molar-refractivity contribution in [2.24, 2.45) is 0 Å². The minimum absolute atomic E-state index is 1.04. The summed E-state index contributed by atoms with van der Waals surface area (Å²) in [4.78, 5) is 0. The summed E-state index contributed by atoms with van der Waals surface area (Å²) in [5, 5.41) is 0. The molecule has 0 spiro atoms. The van der Waals surface area contributed by atoms with Gasteiger partial charge in [-0.1, -0.05) is 60.7 Å². The van der Waals surface area contributed by atoms with Crippen molar-refractivity contribution in [2.75, 3.05) is 0 Å². The van der Waals surface area contributed by atoms with Gasteiger partial charge < -0.3 is 0 Å². The van der Waals surface area contributed by atoms with Crippen LogP contribution in [0, 0.1) is 0 Å². The van der Waals surface area contributed by atoms with E-state index in [0.717, 1.165) is 6.42 Å². The second kappa shape index (κ2) is 3.39. The SMILES string of the molecule is C1=Cc2ccccc2C2=CCC=CC2=C1. The van der Waals surface area contributed by atoms with Crippen molar-refractivity contribution in [1.82, 2.24) is 0 Å². The van der Waals surface area contributed by atoms with E-state index < -0.39 is 0 Å². The highest BCUT2D eigenvalue weighted by atomic mass is 14.2. The molecule has 1 aromatic carbocycles. The molecule has 0 radical (unpaired) electrons. The quantitative estimate of drug-likeness (QED) is 0.583. The topological polar surface area (TPSA) is 0 Å². The molecule has 0 atom stereocenters. The number of hydrogen-bond donors (Lipinski definition) is 0. The molecule has 0 N–H and O–H groups in total. The molecule has 0 amide bonds. The first-order valence-electron chi connectivity index (χ1n) is 5.30. The highest BCUT2D eigenvalue weighted by Crippen LogP contribution is 2.32. The first kappa shape index (κ1) is 8.49. The van der Waals surface area contributed by atoms with Gasteiger partial charge in [-0.2, -0.15) is 0 Å². The van der Waals surface area contributed by atoms with Crippen LogP contribution in [0.25, 0.3) is 11.6 Å². The molecule has 3 rings (SSSR count). The molecule has 1 aromatic rings. The van der Waals surface area contributed by atoms with E-state index in [-0.39, 0.29) is 0 Å². The van der Waals surface area contributed by atoms with Crippen molar-refractivity contribution in [3.63, 3.8) is 0 Å². The number of allylic oxidation sites excluding steroid dienone is 7. The second-order valence-electron chi connectivity index (χ2n) is 3.82. The molecule has 0 heteroatoms. The molecule has 0 fully saturated rings. The molecule has 0 saturated carbocycles. The van der Waals surface area contributed by atoms with E-state index in [1.54, 1.807) is 0 Å². The summed E-state index contributed by atoms with van der Waals surface area (Å²) in [6.45, 7) is 0. The molecule has 2 aliphatic carbocycles. The molecule has 0 bridgehead atoms. The van der Waals surface area contributed by atoms with Crippen LogP contribution in [-0.2, 0) is 0 Å². The fourth-order valence-electron chi connectivity index (χ4n) is 2.14. The lowest BCUT2D eigenvalue weighted by Gasteiger charge is -2.13. The zero-order chi connectivity index (χ0) is 10.1. The molecule has 0 aromatic heterocycles. The Balaban J connectivity index is 2.25. The Morgan fingerprint density at radius 3 is 2.93 bits per heavy atom. The van der Waals surface area contributed by atoms with Crippen LogP contribution in [0.1, 0.15) is 17.5 Å². The van der Waals surface area contributed by atoms with Gasteiger partial charge in [0.2, 0.25) is 0 Å². The maximum Gasteiger partial charge on any atom is -0.0109 e. The first-order valence-corrected chi connectivity index (χ1v) is 5.30. The van der Waals surface area contributed by atoms with Crippen molar-refractivity contribution < 1.29 is 0 Å². The van der Waals surface area contributed by atoms with Gasteiger partial charge in [0.15, 0.2) is 0 Å². The van der Waals surface area contributed by atoms with Crippen molar-refractivity contribution >= 4 is 11.6 Å². The van der Waals surface area contributed by atoms with E-state index in [4.69, 9.17) is 0 Å². The lowest BCUT2D eigenvalue weighted by atomic mass is 9.91. The normalized spacial score (nSPS) is 17.3. The standard InChI is InChI=1S/C15H12/c1-3-10-14-12(6-1)8-5-9-13-7-2-4-11-15(13)14/h1-3,5-11H,4H2. The van der Waals surface area contributed by atoms with Crippen LogP contribution < -0.4 is 0 Å². The Hall–Kier alpha value is -1.82. The zero-order valence-electron chi connectivity index (χ0n) is 8.48. The van der Waals surface area contributed by atoms with Gasteiger partial charge in [0.1, 0.15) is 0 Å². The first-order chi connectivity index (χ1) is 7.45. The van der Waals surface area contributed by atoms with Crippen molar-refractivity contribution in [2.45, 2.75) is 6.42 Å². The third-order valence-electron chi connectivity index (χ3n) is 2.87. The van der Waals surface area contributed by atoms with Crippen molar-refractivity contribution in [3.05, 3.63) is 71.3 Å². The summed E-state index contributed by atoms with van der Waals surface area (Å²) < 4.78 is 0. The summed E-state index contributed by atoms with van der Waals surface area (Å²) in [6, 6.07) is 8.56. The average Bonchev–Trinajstić information content (AvgIpc) is 2.48. The molecule has 0 heterocycles. The molecule has 0 unspecified atom stereocenters. The van der Waals surface area contributed by atoms with Crippen LogP contribution in [0.4, 0.5) is 0 Å². The average molecular weight is 192 g/mol. The van der Waals surface area contributed by atoms with Gasteiger partial charge in [0.25, 0.3) is 0 Å². The lowest BCUT2D eigenvalue weighted by molar-refractivity contribution is 1.34. The maximum atomic E-state index is 2.30. The molecule has 2 aliphatic rings. The van der Waals surface area contributed by atoms with Crippen molar-refractivity contribution in [3.8, 4) is 0 Å². The van der Waals surface area contributed by atoms with Gasteiger partial charge >= 0.3 is 0 Å². The van der Waals surface area contributed by atoms with E-state index in [1.165, 1.54) is 22.3 Å². The number of rotatable bonds is 0. The van der Waals surface area contributed by atoms with E-state index in [9.17, 15) is 0 Å². The molecule has 15 heavy (non-hydrogen) atoms. The minimum atomic E-state index is 1.04. The molecular formula is C15H12.